The first kappa shape index (κ1) is 19.7. The summed E-state index contributed by atoms with van der Waals surface area (Å²) >= 11 is 0. The molecule has 0 amide bonds. The van der Waals surface area contributed by atoms with Crippen molar-refractivity contribution in [2.45, 2.75) is 45.3 Å². The largest absolute Gasteiger partial charge is 0.373 e. The molecule has 0 aromatic heterocycles. The minimum Gasteiger partial charge on any atom is -0.373 e. The van der Waals surface area contributed by atoms with Crippen LogP contribution in [0.2, 0.25) is 0 Å². The zero-order chi connectivity index (χ0) is 18.1. The van der Waals surface area contributed by atoms with Crippen LogP contribution in [0.3, 0.4) is 0 Å². The van der Waals surface area contributed by atoms with E-state index in [1.165, 1.54) is 5.56 Å². The van der Waals surface area contributed by atoms with Crippen molar-refractivity contribution >= 4 is 5.96 Å². The van der Waals surface area contributed by atoms with E-state index in [1.807, 2.05) is 7.05 Å². The normalized spacial score (nSPS) is 22.2. The molecule has 1 aromatic carbocycles. The summed E-state index contributed by atoms with van der Waals surface area (Å²) in [5.74, 6) is 0.838. The summed E-state index contributed by atoms with van der Waals surface area (Å²) in [4.78, 5) is 6.85. The number of nitrogens with zero attached hydrogens (tertiary/aromatic N) is 2. The Bertz CT molecular complexity index is 522. The van der Waals surface area contributed by atoms with Crippen LogP contribution in [0.4, 0.5) is 0 Å². The van der Waals surface area contributed by atoms with Gasteiger partial charge in [-0.1, -0.05) is 44.2 Å². The molecule has 0 spiro atoms. The van der Waals surface area contributed by atoms with Gasteiger partial charge in [-0.05, 0) is 38.4 Å². The Kier molecular flexibility index (Phi) is 7.72. The molecule has 2 atom stereocenters. The van der Waals surface area contributed by atoms with Crippen LogP contribution in [0.1, 0.15) is 45.2 Å². The van der Waals surface area contributed by atoms with E-state index in [2.05, 4.69) is 71.6 Å². The molecule has 2 unspecified atom stereocenters. The van der Waals surface area contributed by atoms with E-state index in [9.17, 15) is 0 Å². The number of rotatable bonds is 8. The predicted octanol–water partition coefficient (Wildman–Crippen LogP) is 2.80. The quantitative estimate of drug-likeness (QED) is 0.561. The van der Waals surface area contributed by atoms with Crippen LogP contribution in [-0.4, -0.2) is 56.3 Å². The molecule has 140 valence electrons. The Hall–Kier alpha value is -1.59. The first-order valence-electron chi connectivity index (χ1n) is 9.49. The van der Waals surface area contributed by atoms with E-state index in [-0.39, 0.29) is 5.60 Å². The van der Waals surface area contributed by atoms with Crippen molar-refractivity contribution in [3.63, 3.8) is 0 Å². The highest BCUT2D eigenvalue weighted by molar-refractivity contribution is 5.79. The van der Waals surface area contributed by atoms with E-state index >= 15 is 0 Å². The monoisotopic (exact) mass is 346 g/mol. The van der Waals surface area contributed by atoms with Gasteiger partial charge in [-0.3, -0.25) is 9.89 Å². The van der Waals surface area contributed by atoms with Crippen LogP contribution in [0.25, 0.3) is 0 Å². The lowest BCUT2D eigenvalue weighted by molar-refractivity contribution is 0.0242. The molecule has 2 rings (SSSR count). The Balaban J connectivity index is 1.95. The van der Waals surface area contributed by atoms with Crippen LogP contribution in [0.5, 0.6) is 0 Å². The van der Waals surface area contributed by atoms with Crippen LogP contribution in [-0.2, 0) is 4.74 Å². The average Bonchev–Trinajstić information content (AvgIpc) is 3.08. The number of guanidine groups is 1. The smallest absolute Gasteiger partial charge is 0.191 e. The summed E-state index contributed by atoms with van der Waals surface area (Å²) in [6.07, 6.45) is 2.24. The lowest BCUT2D eigenvalue weighted by Gasteiger charge is -2.31. The van der Waals surface area contributed by atoms with Crippen LogP contribution in [0, 0.1) is 0 Å². The number of aliphatic imine (C=N–C) groups is 1. The van der Waals surface area contributed by atoms with Gasteiger partial charge in [0.05, 0.1) is 11.6 Å². The minimum atomic E-state index is -0.0741. The van der Waals surface area contributed by atoms with E-state index in [0.717, 1.165) is 51.6 Å². The van der Waals surface area contributed by atoms with Crippen molar-refractivity contribution in [2.75, 3.05) is 39.8 Å². The molecule has 5 heteroatoms. The van der Waals surface area contributed by atoms with Crippen molar-refractivity contribution in [1.29, 1.82) is 0 Å². The fraction of sp³-hybridized carbons (Fsp3) is 0.650. The van der Waals surface area contributed by atoms with E-state index in [4.69, 9.17) is 4.74 Å². The highest BCUT2D eigenvalue weighted by atomic mass is 16.5. The molecule has 1 aliphatic rings. The molecule has 1 heterocycles. The van der Waals surface area contributed by atoms with Gasteiger partial charge in [0.1, 0.15) is 0 Å². The fourth-order valence-corrected chi connectivity index (χ4v) is 3.46. The molecule has 1 saturated heterocycles. The van der Waals surface area contributed by atoms with Crippen LogP contribution >= 0.6 is 0 Å². The van der Waals surface area contributed by atoms with E-state index in [1.54, 1.807) is 0 Å². The van der Waals surface area contributed by atoms with Gasteiger partial charge in [0, 0.05) is 26.7 Å². The molecule has 1 aromatic rings. The molecule has 0 aliphatic carbocycles. The molecule has 1 aliphatic heterocycles. The lowest BCUT2D eigenvalue weighted by Crippen LogP contribution is -2.47. The second kappa shape index (κ2) is 9.78. The lowest BCUT2D eigenvalue weighted by atomic mass is 10.0. The second-order valence-corrected chi connectivity index (χ2v) is 6.86. The van der Waals surface area contributed by atoms with Crippen molar-refractivity contribution in [3.8, 4) is 0 Å². The molecule has 0 radical (unpaired) electrons. The zero-order valence-corrected chi connectivity index (χ0v) is 16.2. The maximum atomic E-state index is 5.85. The van der Waals surface area contributed by atoms with Gasteiger partial charge in [-0.25, -0.2) is 0 Å². The van der Waals surface area contributed by atoms with Gasteiger partial charge in [-0.2, -0.15) is 0 Å². The standard InChI is InChI=1S/C20H34N4O/c1-5-24(6-2)18(17-11-8-7-9-12-17)15-22-19(21-4)23-16-20(3)13-10-14-25-20/h7-9,11-12,18H,5-6,10,13-16H2,1-4H3,(H2,21,22,23). The van der Waals surface area contributed by atoms with Crippen LogP contribution < -0.4 is 10.6 Å². The Morgan fingerprint density at radius 3 is 2.52 bits per heavy atom. The number of hydrogen-bond donors (Lipinski definition) is 2. The molecule has 0 saturated carbocycles. The third-order valence-corrected chi connectivity index (χ3v) is 5.05. The Morgan fingerprint density at radius 2 is 1.96 bits per heavy atom. The molecule has 1 fully saturated rings. The molecular formula is C20H34N4O. The van der Waals surface area contributed by atoms with Gasteiger partial charge in [0.15, 0.2) is 5.96 Å². The van der Waals surface area contributed by atoms with E-state index < -0.39 is 0 Å². The van der Waals surface area contributed by atoms with Crippen molar-refractivity contribution in [2.24, 2.45) is 4.99 Å². The topological polar surface area (TPSA) is 48.9 Å². The summed E-state index contributed by atoms with van der Waals surface area (Å²) in [5, 5.41) is 6.93. The number of hydrogen-bond acceptors (Lipinski definition) is 3. The summed E-state index contributed by atoms with van der Waals surface area (Å²) in [5.41, 5.74) is 1.26. The predicted molar refractivity (Wildman–Crippen MR) is 105 cm³/mol. The third kappa shape index (κ3) is 5.72. The first-order valence-corrected chi connectivity index (χ1v) is 9.49. The van der Waals surface area contributed by atoms with Crippen molar-refractivity contribution in [1.82, 2.24) is 15.5 Å². The molecule has 25 heavy (non-hydrogen) atoms. The maximum absolute atomic E-state index is 5.85. The van der Waals surface area contributed by atoms with Crippen molar-refractivity contribution in [3.05, 3.63) is 35.9 Å². The van der Waals surface area contributed by atoms with Gasteiger partial charge in [-0.15, -0.1) is 0 Å². The van der Waals surface area contributed by atoms with Crippen molar-refractivity contribution < 1.29 is 4.74 Å². The summed E-state index contributed by atoms with van der Waals surface area (Å²) in [7, 11) is 1.82. The third-order valence-electron chi connectivity index (χ3n) is 5.05. The number of benzene rings is 1. The number of ether oxygens (including phenoxy) is 1. The molecular weight excluding hydrogens is 312 g/mol. The fourth-order valence-electron chi connectivity index (χ4n) is 3.46. The second-order valence-electron chi connectivity index (χ2n) is 6.86. The highest BCUT2D eigenvalue weighted by Gasteiger charge is 2.29. The summed E-state index contributed by atoms with van der Waals surface area (Å²) in [6.45, 7) is 11.1. The van der Waals surface area contributed by atoms with E-state index in [0.29, 0.717) is 6.04 Å². The zero-order valence-electron chi connectivity index (χ0n) is 16.2. The maximum Gasteiger partial charge on any atom is 0.191 e. The Morgan fingerprint density at radius 1 is 1.24 bits per heavy atom. The summed E-state index contributed by atoms with van der Waals surface area (Å²) in [6, 6.07) is 11.0. The number of nitrogens with one attached hydrogen (secondary N) is 2. The van der Waals surface area contributed by atoms with Crippen LogP contribution in [0.15, 0.2) is 35.3 Å². The summed E-state index contributed by atoms with van der Waals surface area (Å²) < 4.78 is 5.85. The van der Waals surface area contributed by atoms with Gasteiger partial charge >= 0.3 is 0 Å². The van der Waals surface area contributed by atoms with Gasteiger partial charge in [0.2, 0.25) is 0 Å². The molecule has 2 N–H and O–H groups in total. The van der Waals surface area contributed by atoms with Gasteiger partial charge < -0.3 is 15.4 Å². The number of likely N-dealkylation sites (N-methyl/N-ethyl adjacent to an activating group) is 1. The average molecular weight is 347 g/mol. The minimum absolute atomic E-state index is 0.0741. The highest BCUT2D eigenvalue weighted by Crippen LogP contribution is 2.24. The Labute approximate surface area is 152 Å². The molecule has 5 nitrogen and oxygen atoms in total. The first-order chi connectivity index (χ1) is 12.1. The SMILES string of the molecule is CCN(CC)C(CNC(=NC)NCC1(C)CCCO1)c1ccccc1. The molecule has 0 bridgehead atoms. The van der Waals surface area contributed by atoms with Gasteiger partial charge in [0.25, 0.3) is 0 Å².